The fourth-order valence-electron chi connectivity index (χ4n) is 2.90. The molecular formula is C17H16ClNO5S. The van der Waals surface area contributed by atoms with E-state index in [4.69, 9.17) is 16.3 Å². The molecule has 2 aromatic rings. The zero-order chi connectivity index (χ0) is 18.0. The molecule has 1 aromatic carbocycles. The van der Waals surface area contributed by atoms with Gasteiger partial charge >= 0.3 is 12.1 Å². The number of hydrogen-bond donors (Lipinski definition) is 1. The van der Waals surface area contributed by atoms with Crippen molar-refractivity contribution in [2.24, 2.45) is 0 Å². The van der Waals surface area contributed by atoms with Crippen LogP contribution in [0.5, 0.6) is 5.06 Å². The van der Waals surface area contributed by atoms with E-state index in [1.807, 2.05) is 4.90 Å². The normalized spacial score (nSPS) is 15.3. The van der Waals surface area contributed by atoms with Crippen LogP contribution >= 0.6 is 22.9 Å². The SMILES string of the molecule is COC(=O)Oc1cc2c(s1)CCN(C(C(=O)O)c1ccccc1Cl)C2. The molecule has 6 nitrogen and oxygen atoms in total. The van der Waals surface area contributed by atoms with E-state index in [-0.39, 0.29) is 0 Å². The maximum absolute atomic E-state index is 11.9. The monoisotopic (exact) mass is 381 g/mol. The molecule has 0 radical (unpaired) electrons. The van der Waals surface area contributed by atoms with Gasteiger partial charge in [-0.25, -0.2) is 4.79 Å². The highest BCUT2D eigenvalue weighted by molar-refractivity contribution is 7.14. The van der Waals surface area contributed by atoms with Gasteiger partial charge in [-0.2, -0.15) is 0 Å². The molecule has 0 spiro atoms. The lowest BCUT2D eigenvalue weighted by Crippen LogP contribution is -2.37. The van der Waals surface area contributed by atoms with Gasteiger partial charge in [0.2, 0.25) is 0 Å². The van der Waals surface area contributed by atoms with Crippen LogP contribution in [-0.4, -0.2) is 35.8 Å². The molecule has 2 heterocycles. The predicted molar refractivity (Wildman–Crippen MR) is 93.3 cm³/mol. The highest BCUT2D eigenvalue weighted by atomic mass is 35.5. The van der Waals surface area contributed by atoms with Crippen molar-refractivity contribution in [2.75, 3.05) is 13.7 Å². The zero-order valence-electron chi connectivity index (χ0n) is 13.4. The summed E-state index contributed by atoms with van der Waals surface area (Å²) in [5.41, 5.74) is 1.52. The molecule has 3 rings (SSSR count). The van der Waals surface area contributed by atoms with Crippen LogP contribution in [-0.2, 0) is 22.5 Å². The van der Waals surface area contributed by atoms with Crippen molar-refractivity contribution in [3.8, 4) is 5.06 Å². The van der Waals surface area contributed by atoms with E-state index in [2.05, 4.69) is 4.74 Å². The van der Waals surface area contributed by atoms with Gasteiger partial charge in [0.05, 0.1) is 7.11 Å². The number of aliphatic carboxylic acids is 1. The van der Waals surface area contributed by atoms with Crippen molar-refractivity contribution < 1.29 is 24.2 Å². The minimum atomic E-state index is -0.946. The topological polar surface area (TPSA) is 76.1 Å². The van der Waals surface area contributed by atoms with Crippen LogP contribution in [0.3, 0.4) is 0 Å². The van der Waals surface area contributed by atoms with Crippen molar-refractivity contribution in [1.82, 2.24) is 4.90 Å². The lowest BCUT2D eigenvalue weighted by molar-refractivity contribution is -0.144. The first-order valence-corrected chi connectivity index (χ1v) is 8.77. The molecular weight excluding hydrogens is 366 g/mol. The number of fused-ring (bicyclic) bond motifs is 1. The number of carbonyl (C=O) groups excluding carboxylic acids is 1. The Morgan fingerprint density at radius 3 is 2.80 bits per heavy atom. The molecule has 25 heavy (non-hydrogen) atoms. The van der Waals surface area contributed by atoms with Crippen LogP contribution in [0.2, 0.25) is 5.02 Å². The summed E-state index contributed by atoms with van der Waals surface area (Å²) in [6, 6.07) is 7.90. The largest absolute Gasteiger partial charge is 0.514 e. The Kier molecular flexibility index (Phi) is 5.27. The number of hydrogen-bond acceptors (Lipinski definition) is 6. The van der Waals surface area contributed by atoms with Crippen LogP contribution in [0, 0.1) is 0 Å². The first kappa shape index (κ1) is 17.7. The number of rotatable bonds is 4. The van der Waals surface area contributed by atoms with Gasteiger partial charge in [-0.1, -0.05) is 29.8 Å². The summed E-state index contributed by atoms with van der Waals surface area (Å²) < 4.78 is 9.56. The average molecular weight is 382 g/mol. The first-order chi connectivity index (χ1) is 12.0. The summed E-state index contributed by atoms with van der Waals surface area (Å²) in [4.78, 5) is 26.1. The van der Waals surface area contributed by atoms with E-state index in [9.17, 15) is 14.7 Å². The second kappa shape index (κ2) is 7.43. The van der Waals surface area contributed by atoms with Gasteiger partial charge in [-0.05, 0) is 29.7 Å². The van der Waals surface area contributed by atoms with Crippen LogP contribution in [0.1, 0.15) is 22.0 Å². The van der Waals surface area contributed by atoms with Gasteiger partial charge in [-0.3, -0.25) is 9.69 Å². The summed E-state index contributed by atoms with van der Waals surface area (Å²) in [5.74, 6) is -0.946. The van der Waals surface area contributed by atoms with Crippen molar-refractivity contribution >= 4 is 35.1 Å². The zero-order valence-corrected chi connectivity index (χ0v) is 15.0. The summed E-state index contributed by atoms with van der Waals surface area (Å²) in [6.45, 7) is 1.02. The third-order valence-corrected chi connectivity index (χ3v) is 5.48. The second-order valence-electron chi connectivity index (χ2n) is 5.55. The average Bonchev–Trinajstić information content (AvgIpc) is 2.98. The molecule has 0 bridgehead atoms. The standard InChI is InChI=1S/C17H16ClNO5S/c1-23-17(22)24-14-8-10-9-19(7-6-13(10)25-14)15(16(20)21)11-4-2-3-5-12(11)18/h2-5,8,15H,6-7,9H2,1H3,(H,20,21). The summed E-state index contributed by atoms with van der Waals surface area (Å²) in [7, 11) is 1.25. The molecule has 1 aliphatic heterocycles. The summed E-state index contributed by atoms with van der Waals surface area (Å²) >= 11 is 7.58. The Hall–Kier alpha value is -2.09. The molecule has 1 atom stereocenters. The maximum Gasteiger partial charge on any atom is 0.514 e. The van der Waals surface area contributed by atoms with Crippen LogP contribution in [0.25, 0.3) is 0 Å². The minimum Gasteiger partial charge on any atom is -0.480 e. The molecule has 0 fully saturated rings. The molecule has 1 aromatic heterocycles. The molecule has 1 N–H and O–H groups in total. The summed E-state index contributed by atoms with van der Waals surface area (Å²) in [6.07, 6.45) is -0.0893. The quantitative estimate of drug-likeness (QED) is 0.813. The first-order valence-electron chi connectivity index (χ1n) is 7.58. The van der Waals surface area contributed by atoms with Crippen molar-refractivity contribution in [3.63, 3.8) is 0 Å². The molecule has 0 amide bonds. The lowest BCUT2D eigenvalue weighted by atomic mass is 10.0. The van der Waals surface area contributed by atoms with E-state index in [0.29, 0.717) is 35.2 Å². The maximum atomic E-state index is 11.9. The van der Waals surface area contributed by atoms with Gasteiger partial charge in [0, 0.05) is 23.0 Å². The predicted octanol–water partition coefficient (Wildman–Crippen LogP) is 3.73. The van der Waals surface area contributed by atoms with E-state index in [1.165, 1.54) is 18.4 Å². The number of thiophene rings is 1. The third kappa shape index (κ3) is 3.78. The molecule has 8 heteroatoms. The highest BCUT2D eigenvalue weighted by Gasteiger charge is 2.32. The Bertz CT molecular complexity index is 806. The number of carboxylic acids is 1. The van der Waals surface area contributed by atoms with Gasteiger partial charge in [-0.15, -0.1) is 11.3 Å². The minimum absolute atomic E-state index is 0.431. The molecule has 132 valence electrons. The summed E-state index contributed by atoms with van der Waals surface area (Å²) in [5, 5.41) is 10.6. The number of ether oxygens (including phenoxy) is 2. The Labute approximate surface area is 153 Å². The lowest BCUT2D eigenvalue weighted by Gasteiger charge is -2.32. The number of methoxy groups -OCH3 is 1. The third-order valence-electron chi connectivity index (χ3n) is 4.02. The van der Waals surface area contributed by atoms with Gasteiger partial charge in [0.1, 0.15) is 6.04 Å². The smallest absolute Gasteiger partial charge is 0.480 e. The van der Waals surface area contributed by atoms with Crippen molar-refractivity contribution in [2.45, 2.75) is 19.0 Å². The molecule has 0 saturated heterocycles. The van der Waals surface area contributed by atoms with Crippen molar-refractivity contribution in [1.29, 1.82) is 0 Å². The van der Waals surface area contributed by atoms with Crippen LogP contribution in [0.15, 0.2) is 30.3 Å². The van der Waals surface area contributed by atoms with E-state index in [0.717, 1.165) is 10.4 Å². The molecule has 0 saturated carbocycles. The number of carbonyl (C=O) groups is 2. The Morgan fingerprint density at radius 1 is 1.36 bits per heavy atom. The molecule has 0 aliphatic carbocycles. The fourth-order valence-corrected chi connectivity index (χ4v) is 4.15. The van der Waals surface area contributed by atoms with E-state index in [1.54, 1.807) is 30.3 Å². The second-order valence-corrected chi connectivity index (χ2v) is 7.06. The van der Waals surface area contributed by atoms with Crippen LogP contribution in [0.4, 0.5) is 4.79 Å². The molecule has 1 aliphatic rings. The fraction of sp³-hybridized carbons (Fsp3) is 0.294. The number of carboxylic acid groups (broad SMARTS) is 1. The van der Waals surface area contributed by atoms with Crippen molar-refractivity contribution in [3.05, 3.63) is 51.4 Å². The van der Waals surface area contributed by atoms with Gasteiger partial charge < -0.3 is 14.6 Å². The number of halogens is 1. The van der Waals surface area contributed by atoms with Gasteiger partial charge in [0.15, 0.2) is 5.06 Å². The van der Waals surface area contributed by atoms with E-state index < -0.39 is 18.2 Å². The van der Waals surface area contributed by atoms with Crippen LogP contribution < -0.4 is 4.74 Å². The number of nitrogens with zero attached hydrogens (tertiary/aromatic N) is 1. The van der Waals surface area contributed by atoms with E-state index >= 15 is 0 Å². The Morgan fingerprint density at radius 2 is 2.12 bits per heavy atom. The number of benzene rings is 1. The highest BCUT2D eigenvalue weighted by Crippen LogP contribution is 2.37. The molecule has 1 unspecified atom stereocenters. The van der Waals surface area contributed by atoms with Gasteiger partial charge in [0.25, 0.3) is 0 Å². The Balaban J connectivity index is 1.84.